The lowest BCUT2D eigenvalue weighted by Gasteiger charge is -2.44. The van der Waals surface area contributed by atoms with Gasteiger partial charge in [0.1, 0.15) is 5.82 Å². The quantitative estimate of drug-likeness (QED) is 0.883. The Hall–Kier alpha value is -1.43. The van der Waals surface area contributed by atoms with Crippen molar-refractivity contribution in [3.05, 3.63) is 40.4 Å². The third-order valence-corrected chi connectivity index (χ3v) is 4.92. The molecule has 2 unspecified atom stereocenters. The highest BCUT2D eigenvalue weighted by atomic mass is 35.5. The monoisotopic (exact) mass is 336 g/mol. The molecule has 0 spiro atoms. The standard InChI is InChI=1S/C17H24N4O.ClH/c1-11(21-9-8-14(18)17(2,3)10-21)15-19-13-7-5-4-6-12(13)16(22)20-15;/h4-7,11,14H,8-10,18H2,1-3H3,(H,19,20,22);1H. The minimum Gasteiger partial charge on any atom is -0.327 e. The number of H-pyrrole nitrogens is 1. The summed E-state index contributed by atoms with van der Waals surface area (Å²) in [4.78, 5) is 22.2. The molecular weight excluding hydrogens is 312 g/mol. The van der Waals surface area contributed by atoms with Crippen LogP contribution in [0.25, 0.3) is 10.9 Å². The predicted molar refractivity (Wildman–Crippen MR) is 96.0 cm³/mol. The van der Waals surface area contributed by atoms with Crippen LogP contribution in [0.15, 0.2) is 29.1 Å². The molecule has 1 fully saturated rings. The number of aromatic amines is 1. The summed E-state index contributed by atoms with van der Waals surface area (Å²) >= 11 is 0. The average Bonchev–Trinajstić information content (AvgIpc) is 2.49. The number of aromatic nitrogens is 2. The van der Waals surface area contributed by atoms with Crippen molar-refractivity contribution in [3.8, 4) is 0 Å². The molecule has 0 amide bonds. The van der Waals surface area contributed by atoms with Crippen LogP contribution in [0, 0.1) is 5.41 Å². The van der Waals surface area contributed by atoms with Crippen LogP contribution < -0.4 is 11.3 Å². The van der Waals surface area contributed by atoms with E-state index in [1.165, 1.54) is 0 Å². The molecule has 0 saturated carbocycles. The van der Waals surface area contributed by atoms with Crippen LogP contribution in [0.1, 0.15) is 39.1 Å². The van der Waals surface area contributed by atoms with Crippen LogP contribution in [0.2, 0.25) is 0 Å². The van der Waals surface area contributed by atoms with Gasteiger partial charge >= 0.3 is 0 Å². The largest absolute Gasteiger partial charge is 0.327 e. The van der Waals surface area contributed by atoms with E-state index < -0.39 is 0 Å². The zero-order valence-corrected chi connectivity index (χ0v) is 14.7. The van der Waals surface area contributed by atoms with Crippen LogP contribution in [0.3, 0.4) is 0 Å². The van der Waals surface area contributed by atoms with E-state index in [2.05, 4.69) is 35.6 Å². The molecule has 2 aromatic rings. The Kier molecular flexibility index (Phi) is 5.14. The second-order valence-electron chi connectivity index (χ2n) is 7.00. The molecular formula is C17H25ClN4O. The first-order chi connectivity index (χ1) is 10.4. The Balaban J connectivity index is 0.00000192. The van der Waals surface area contributed by atoms with Gasteiger partial charge in [-0.1, -0.05) is 26.0 Å². The molecule has 3 rings (SSSR count). The highest BCUT2D eigenvalue weighted by molar-refractivity contribution is 5.85. The second-order valence-corrected chi connectivity index (χ2v) is 7.00. The van der Waals surface area contributed by atoms with Crippen LogP contribution in [0.4, 0.5) is 0 Å². The van der Waals surface area contributed by atoms with E-state index in [9.17, 15) is 4.79 Å². The first-order valence-corrected chi connectivity index (χ1v) is 7.87. The summed E-state index contributed by atoms with van der Waals surface area (Å²) in [7, 11) is 0. The minimum absolute atomic E-state index is 0. The fourth-order valence-corrected chi connectivity index (χ4v) is 3.22. The molecule has 1 aliphatic heterocycles. The van der Waals surface area contributed by atoms with Gasteiger partial charge in [-0.15, -0.1) is 12.4 Å². The van der Waals surface area contributed by atoms with Gasteiger partial charge in [0.2, 0.25) is 0 Å². The summed E-state index contributed by atoms with van der Waals surface area (Å²) in [5.74, 6) is 0.731. The van der Waals surface area contributed by atoms with Gasteiger partial charge in [-0.3, -0.25) is 9.69 Å². The number of para-hydroxylation sites is 1. The van der Waals surface area contributed by atoms with Crippen molar-refractivity contribution in [3.63, 3.8) is 0 Å². The van der Waals surface area contributed by atoms with E-state index in [0.29, 0.717) is 5.39 Å². The Bertz CT molecular complexity index is 743. The smallest absolute Gasteiger partial charge is 0.258 e. The SMILES string of the molecule is CC(c1nc2ccccc2c(=O)[nH]1)N1CCC(N)C(C)(C)C1.Cl. The van der Waals surface area contributed by atoms with E-state index in [1.807, 2.05) is 18.2 Å². The molecule has 5 nitrogen and oxygen atoms in total. The maximum absolute atomic E-state index is 12.2. The third-order valence-electron chi connectivity index (χ3n) is 4.92. The number of hydrogen-bond donors (Lipinski definition) is 2. The maximum atomic E-state index is 12.2. The Morgan fingerprint density at radius 3 is 2.78 bits per heavy atom. The molecule has 1 saturated heterocycles. The number of benzene rings is 1. The van der Waals surface area contributed by atoms with Gasteiger partial charge in [0.25, 0.3) is 5.56 Å². The third kappa shape index (κ3) is 3.42. The van der Waals surface area contributed by atoms with Crippen LogP contribution in [-0.2, 0) is 0 Å². The number of rotatable bonds is 2. The molecule has 0 radical (unpaired) electrons. The summed E-state index contributed by atoms with van der Waals surface area (Å²) in [6, 6.07) is 7.75. The number of hydrogen-bond acceptors (Lipinski definition) is 4. The Morgan fingerprint density at radius 1 is 1.39 bits per heavy atom. The van der Waals surface area contributed by atoms with Crippen LogP contribution in [0.5, 0.6) is 0 Å². The predicted octanol–water partition coefficient (Wildman–Crippen LogP) is 2.47. The van der Waals surface area contributed by atoms with E-state index in [-0.39, 0.29) is 35.5 Å². The minimum atomic E-state index is -0.0691. The van der Waals surface area contributed by atoms with Crippen LogP contribution >= 0.6 is 12.4 Å². The molecule has 1 aromatic heterocycles. The Labute approximate surface area is 142 Å². The lowest BCUT2D eigenvalue weighted by Crippen LogP contribution is -2.53. The number of halogens is 1. The summed E-state index contributed by atoms with van der Waals surface area (Å²) in [6.07, 6.45) is 0.967. The fraction of sp³-hybridized carbons (Fsp3) is 0.529. The van der Waals surface area contributed by atoms with Crippen molar-refractivity contribution >= 4 is 23.3 Å². The van der Waals surface area contributed by atoms with Gasteiger partial charge in [0, 0.05) is 19.1 Å². The van der Waals surface area contributed by atoms with Gasteiger partial charge in [0.15, 0.2) is 0 Å². The van der Waals surface area contributed by atoms with Crippen molar-refractivity contribution in [2.75, 3.05) is 13.1 Å². The molecule has 2 atom stereocenters. The topological polar surface area (TPSA) is 75.0 Å². The number of nitrogens with one attached hydrogen (secondary N) is 1. The molecule has 23 heavy (non-hydrogen) atoms. The lowest BCUT2D eigenvalue weighted by atomic mass is 9.79. The normalized spacial score (nSPS) is 22.5. The van der Waals surface area contributed by atoms with E-state index in [4.69, 9.17) is 5.73 Å². The fourth-order valence-electron chi connectivity index (χ4n) is 3.22. The zero-order chi connectivity index (χ0) is 15.9. The van der Waals surface area contributed by atoms with Gasteiger partial charge in [-0.25, -0.2) is 4.98 Å². The number of piperidine rings is 1. The number of nitrogens with two attached hydrogens (primary N) is 1. The lowest BCUT2D eigenvalue weighted by molar-refractivity contribution is 0.0636. The van der Waals surface area contributed by atoms with Crippen molar-refractivity contribution in [1.29, 1.82) is 0 Å². The summed E-state index contributed by atoms with van der Waals surface area (Å²) in [5.41, 5.74) is 6.97. The molecule has 1 aliphatic rings. The summed E-state index contributed by atoms with van der Waals surface area (Å²) in [6.45, 7) is 8.34. The highest BCUT2D eigenvalue weighted by Crippen LogP contribution is 2.32. The first-order valence-electron chi connectivity index (χ1n) is 7.87. The average molecular weight is 337 g/mol. The summed E-state index contributed by atoms with van der Waals surface area (Å²) in [5, 5.41) is 0.638. The van der Waals surface area contributed by atoms with Crippen molar-refractivity contribution < 1.29 is 0 Å². The molecule has 1 aromatic carbocycles. The highest BCUT2D eigenvalue weighted by Gasteiger charge is 2.35. The zero-order valence-electron chi connectivity index (χ0n) is 13.9. The van der Waals surface area contributed by atoms with E-state index >= 15 is 0 Å². The van der Waals surface area contributed by atoms with Gasteiger partial charge in [-0.2, -0.15) is 0 Å². The number of nitrogens with zero attached hydrogens (tertiary/aromatic N) is 2. The van der Waals surface area contributed by atoms with Crippen molar-refractivity contribution in [1.82, 2.24) is 14.9 Å². The van der Waals surface area contributed by atoms with Gasteiger partial charge < -0.3 is 10.7 Å². The maximum Gasteiger partial charge on any atom is 0.258 e. The van der Waals surface area contributed by atoms with Crippen LogP contribution in [-0.4, -0.2) is 34.0 Å². The molecule has 0 bridgehead atoms. The molecule has 6 heteroatoms. The number of fused-ring (bicyclic) bond motifs is 1. The first kappa shape index (κ1) is 17.9. The Morgan fingerprint density at radius 2 is 2.09 bits per heavy atom. The number of likely N-dealkylation sites (tertiary alicyclic amines) is 1. The van der Waals surface area contributed by atoms with E-state index in [1.54, 1.807) is 6.07 Å². The summed E-state index contributed by atoms with van der Waals surface area (Å²) < 4.78 is 0. The van der Waals surface area contributed by atoms with Gasteiger partial charge in [0.05, 0.1) is 16.9 Å². The van der Waals surface area contributed by atoms with Crippen molar-refractivity contribution in [2.24, 2.45) is 11.1 Å². The molecule has 0 aliphatic carbocycles. The van der Waals surface area contributed by atoms with Crippen molar-refractivity contribution in [2.45, 2.75) is 39.3 Å². The molecule has 2 heterocycles. The van der Waals surface area contributed by atoms with Gasteiger partial charge in [-0.05, 0) is 30.9 Å². The second kappa shape index (κ2) is 6.59. The molecule has 126 valence electrons. The molecule has 3 N–H and O–H groups in total. The van der Waals surface area contributed by atoms with E-state index in [0.717, 1.165) is 30.9 Å².